The van der Waals surface area contributed by atoms with E-state index in [-0.39, 0.29) is 0 Å². The van der Waals surface area contributed by atoms with Crippen LogP contribution in [0.15, 0.2) is 115 Å². The van der Waals surface area contributed by atoms with E-state index in [2.05, 4.69) is 141 Å². The summed E-state index contributed by atoms with van der Waals surface area (Å²) in [6.07, 6.45) is 16.0. The second-order valence-corrected chi connectivity index (χ2v) is 12.9. The molecule has 0 fully saturated rings. The number of fused-ring (bicyclic) bond motifs is 3. The van der Waals surface area contributed by atoms with E-state index in [4.69, 9.17) is 4.98 Å². The first kappa shape index (κ1) is 26.8. The van der Waals surface area contributed by atoms with E-state index in [1.165, 1.54) is 65.7 Å². The predicted molar refractivity (Wildman–Crippen MR) is 187 cm³/mol. The SMILES string of the molecule is CC1C=c2ccccc2=C(c2cc(C3=CC=C(c4cccc5c4C=CC(C)C5)CC3)cc(-c3cccc4ccccc34)n2)C1. The molecule has 0 spiro atoms. The standard InChI is InChI=1S/C43H37N/c1-28-17-22-39-34(23-28)12-8-15-36(39)32-20-18-30(19-21-32)35-26-42(40-16-7-11-31-9-3-5-13-37(31)40)44-43(27-35)41-25-29(2)24-33-10-4-6-14-38(33)41/h3-18,20,22,24,26-29H,19,21,23,25H2,1-2H3. The largest absolute Gasteiger partial charge is 0.248 e. The van der Waals surface area contributed by atoms with Gasteiger partial charge in [-0.15, -0.1) is 0 Å². The summed E-state index contributed by atoms with van der Waals surface area (Å²) in [5.74, 6) is 1.08. The van der Waals surface area contributed by atoms with Crippen molar-refractivity contribution >= 4 is 39.6 Å². The highest BCUT2D eigenvalue weighted by molar-refractivity contribution is 5.96. The summed E-state index contributed by atoms with van der Waals surface area (Å²) in [5, 5.41) is 5.13. The number of aromatic nitrogens is 1. The van der Waals surface area contributed by atoms with Crippen LogP contribution in [0.25, 0.3) is 50.9 Å². The van der Waals surface area contributed by atoms with Gasteiger partial charge in [0.25, 0.3) is 0 Å². The van der Waals surface area contributed by atoms with Crippen LogP contribution >= 0.6 is 0 Å². The number of nitrogens with zero attached hydrogens (tertiary/aromatic N) is 1. The Labute approximate surface area is 260 Å². The van der Waals surface area contributed by atoms with E-state index in [0.29, 0.717) is 11.8 Å². The Bertz CT molecular complexity index is 2150. The quantitative estimate of drug-likeness (QED) is 0.211. The predicted octanol–water partition coefficient (Wildman–Crippen LogP) is 9.39. The van der Waals surface area contributed by atoms with E-state index in [9.17, 15) is 0 Å². The van der Waals surface area contributed by atoms with Crippen LogP contribution in [0.1, 0.15) is 61.1 Å². The number of hydrogen-bond donors (Lipinski definition) is 0. The molecule has 0 aliphatic heterocycles. The van der Waals surface area contributed by atoms with Crippen LogP contribution in [0.5, 0.6) is 0 Å². The Hall–Kier alpha value is -4.75. The first-order valence-corrected chi connectivity index (χ1v) is 16.1. The number of rotatable bonds is 4. The van der Waals surface area contributed by atoms with Gasteiger partial charge in [-0.05, 0) is 110 Å². The summed E-state index contributed by atoms with van der Waals surface area (Å²) in [5.41, 5.74) is 13.1. The lowest BCUT2D eigenvalue weighted by molar-refractivity contribution is 0.717. The van der Waals surface area contributed by atoms with Crippen molar-refractivity contribution < 1.29 is 0 Å². The lowest BCUT2D eigenvalue weighted by Gasteiger charge is -2.23. The van der Waals surface area contributed by atoms with Crippen LogP contribution in [0, 0.1) is 11.8 Å². The molecule has 3 aliphatic carbocycles. The highest BCUT2D eigenvalue weighted by atomic mass is 14.7. The molecule has 1 aromatic heterocycles. The van der Waals surface area contributed by atoms with Gasteiger partial charge in [0.1, 0.15) is 0 Å². The van der Waals surface area contributed by atoms with E-state index >= 15 is 0 Å². The van der Waals surface area contributed by atoms with E-state index in [1.54, 1.807) is 0 Å². The highest BCUT2D eigenvalue weighted by Crippen LogP contribution is 2.38. The molecule has 0 bridgehead atoms. The molecule has 3 aliphatic rings. The van der Waals surface area contributed by atoms with Gasteiger partial charge in [0.2, 0.25) is 0 Å². The molecule has 4 aromatic carbocycles. The van der Waals surface area contributed by atoms with Gasteiger partial charge in [-0.3, -0.25) is 0 Å². The lowest BCUT2D eigenvalue weighted by atomic mass is 9.82. The molecular weight excluding hydrogens is 530 g/mol. The molecule has 0 radical (unpaired) electrons. The van der Waals surface area contributed by atoms with Gasteiger partial charge in [-0.1, -0.05) is 129 Å². The normalized spacial score (nSPS) is 19.1. The van der Waals surface area contributed by atoms with Gasteiger partial charge < -0.3 is 0 Å². The maximum absolute atomic E-state index is 5.42. The van der Waals surface area contributed by atoms with Crippen LogP contribution in [0.3, 0.4) is 0 Å². The molecule has 0 saturated carbocycles. The first-order valence-electron chi connectivity index (χ1n) is 16.1. The van der Waals surface area contributed by atoms with E-state index in [1.807, 2.05) is 0 Å². The molecule has 2 atom stereocenters. The minimum absolute atomic E-state index is 0.472. The van der Waals surface area contributed by atoms with Crippen molar-refractivity contribution in [2.75, 3.05) is 0 Å². The third kappa shape index (κ3) is 4.87. The minimum atomic E-state index is 0.472. The van der Waals surface area contributed by atoms with Crippen molar-refractivity contribution in [3.8, 4) is 11.3 Å². The maximum atomic E-state index is 5.42. The van der Waals surface area contributed by atoms with E-state index < -0.39 is 0 Å². The molecule has 1 nitrogen and oxygen atoms in total. The highest BCUT2D eigenvalue weighted by Gasteiger charge is 2.20. The van der Waals surface area contributed by atoms with Gasteiger partial charge in [-0.2, -0.15) is 0 Å². The smallest absolute Gasteiger partial charge is 0.0721 e. The van der Waals surface area contributed by atoms with Crippen molar-refractivity contribution in [2.45, 2.75) is 39.5 Å². The van der Waals surface area contributed by atoms with Gasteiger partial charge in [0.15, 0.2) is 0 Å². The molecule has 0 saturated heterocycles. The van der Waals surface area contributed by atoms with Crippen molar-refractivity contribution in [2.24, 2.45) is 11.8 Å². The summed E-state index contributed by atoms with van der Waals surface area (Å²) in [7, 11) is 0. The summed E-state index contributed by atoms with van der Waals surface area (Å²) in [4.78, 5) is 5.42. The van der Waals surface area contributed by atoms with Gasteiger partial charge >= 0.3 is 0 Å². The maximum Gasteiger partial charge on any atom is 0.0721 e. The van der Waals surface area contributed by atoms with Crippen molar-refractivity contribution in [3.63, 3.8) is 0 Å². The van der Waals surface area contributed by atoms with Crippen molar-refractivity contribution in [1.29, 1.82) is 0 Å². The minimum Gasteiger partial charge on any atom is -0.248 e. The third-order valence-electron chi connectivity index (χ3n) is 9.67. The zero-order valence-corrected chi connectivity index (χ0v) is 25.6. The fraction of sp³-hybridized carbons (Fsp3) is 0.186. The molecule has 1 heterocycles. The fourth-order valence-electron chi connectivity index (χ4n) is 7.46. The second kappa shape index (κ2) is 11.1. The van der Waals surface area contributed by atoms with Gasteiger partial charge in [0.05, 0.1) is 11.4 Å². The van der Waals surface area contributed by atoms with E-state index in [0.717, 1.165) is 37.1 Å². The summed E-state index contributed by atoms with van der Waals surface area (Å²) < 4.78 is 0. The Kier molecular flexibility index (Phi) is 6.75. The fourth-order valence-corrected chi connectivity index (χ4v) is 7.46. The summed E-state index contributed by atoms with van der Waals surface area (Å²) in [6.45, 7) is 4.62. The van der Waals surface area contributed by atoms with Gasteiger partial charge in [-0.25, -0.2) is 4.98 Å². The van der Waals surface area contributed by atoms with Crippen LogP contribution in [-0.4, -0.2) is 4.98 Å². The van der Waals surface area contributed by atoms with Crippen molar-refractivity contribution in [3.05, 3.63) is 154 Å². The Morgan fingerprint density at radius 2 is 1.41 bits per heavy atom. The molecule has 2 unspecified atom stereocenters. The third-order valence-corrected chi connectivity index (χ3v) is 9.67. The average Bonchev–Trinajstić information content (AvgIpc) is 3.07. The first-order chi connectivity index (χ1) is 21.6. The topological polar surface area (TPSA) is 12.9 Å². The molecular formula is C43H37N. The van der Waals surface area contributed by atoms with Crippen molar-refractivity contribution in [1.82, 2.24) is 4.98 Å². The molecule has 0 N–H and O–H groups in total. The monoisotopic (exact) mass is 567 g/mol. The number of allylic oxidation sites excluding steroid dienone is 5. The zero-order valence-electron chi connectivity index (χ0n) is 25.6. The van der Waals surface area contributed by atoms with Crippen LogP contribution in [0.2, 0.25) is 0 Å². The Morgan fingerprint density at radius 1 is 0.659 bits per heavy atom. The van der Waals surface area contributed by atoms with Crippen LogP contribution in [0.4, 0.5) is 0 Å². The zero-order chi connectivity index (χ0) is 29.6. The molecule has 44 heavy (non-hydrogen) atoms. The lowest BCUT2D eigenvalue weighted by Crippen LogP contribution is -2.31. The van der Waals surface area contributed by atoms with Gasteiger partial charge in [0, 0.05) is 5.56 Å². The van der Waals surface area contributed by atoms with Crippen LogP contribution in [-0.2, 0) is 6.42 Å². The molecule has 8 rings (SSSR count). The molecule has 214 valence electrons. The summed E-state index contributed by atoms with van der Waals surface area (Å²) in [6, 6.07) is 35.6. The molecule has 5 aromatic rings. The number of pyridine rings is 1. The summed E-state index contributed by atoms with van der Waals surface area (Å²) >= 11 is 0. The Balaban J connectivity index is 1.29. The molecule has 0 amide bonds. The number of benzene rings is 4. The Morgan fingerprint density at radius 3 is 2.32 bits per heavy atom. The number of hydrogen-bond acceptors (Lipinski definition) is 1. The van der Waals surface area contributed by atoms with Crippen LogP contribution < -0.4 is 10.4 Å². The average molecular weight is 568 g/mol. The molecule has 1 heteroatoms. The second-order valence-electron chi connectivity index (χ2n) is 12.9.